The number of para-hydroxylation sites is 2. The molecule has 0 fully saturated rings. The number of esters is 1. The molecule has 3 aliphatic rings. The van der Waals surface area contributed by atoms with E-state index in [2.05, 4.69) is 22.0 Å². The number of ether oxygens (including phenoxy) is 6. The molecule has 0 radical (unpaired) electrons. The third kappa shape index (κ3) is 9.15. The van der Waals surface area contributed by atoms with Crippen molar-refractivity contribution in [3.63, 3.8) is 0 Å². The van der Waals surface area contributed by atoms with Gasteiger partial charge in [0.05, 0.1) is 56.5 Å². The molecule has 5 aromatic rings. The molecule has 5 aromatic carbocycles. The Bertz CT molecular complexity index is 2400. The molecule has 3 heterocycles. The number of aryl methyl sites for hydroxylation is 1. The molecule has 13 heteroatoms. The molecule has 0 saturated carbocycles. The number of fused-ring (bicyclic) bond motifs is 6. The first-order valence-corrected chi connectivity index (χ1v) is 20.6. The molecule has 8 rings (SSSR count). The zero-order valence-electron chi connectivity index (χ0n) is 34.6. The number of nitrogens with one attached hydrogen (secondary N) is 3. The second kappa shape index (κ2) is 18.6. The van der Waals surface area contributed by atoms with Gasteiger partial charge in [0, 0.05) is 43.0 Å². The van der Waals surface area contributed by atoms with Crippen LogP contribution in [0.2, 0.25) is 0 Å². The first kappa shape index (κ1) is 40.9. The summed E-state index contributed by atoms with van der Waals surface area (Å²) < 4.78 is 35.3. The van der Waals surface area contributed by atoms with Crippen molar-refractivity contribution >= 4 is 40.5 Å². The predicted octanol–water partition coefficient (Wildman–Crippen LogP) is 8.19. The highest BCUT2D eigenvalue weighted by Gasteiger charge is 2.37. The zero-order chi connectivity index (χ0) is 42.3. The van der Waals surface area contributed by atoms with Crippen molar-refractivity contribution < 1.29 is 42.8 Å². The minimum atomic E-state index is -0.256. The third-order valence-corrected chi connectivity index (χ3v) is 11.2. The molecule has 3 N–H and O–H groups in total. The SMILES string of the molecule is COC(=O)CCCCOc1cc(COc2cc3c(cc2OC)C(=O)Nc2ccccc2CCCN3)cc(COc2cc3c(cc2OC)C(=O)N2c4ccccc4C[C@H]2CN3)c1. The van der Waals surface area contributed by atoms with Gasteiger partial charge in [0.15, 0.2) is 23.0 Å². The summed E-state index contributed by atoms with van der Waals surface area (Å²) in [7, 11) is 4.49. The third-order valence-electron chi connectivity index (χ3n) is 11.2. The lowest BCUT2D eigenvalue weighted by Crippen LogP contribution is -2.39. The molecule has 0 bridgehead atoms. The standard InChI is InChI=1S/C48H50N4O9/c1-56-42-23-36-39(49-17-10-13-32-11-4-6-14-38(32)51-47(36)54)25-44(42)60-28-30-19-31(21-35(20-30)59-18-9-8-16-46(53)58-3)29-61-45-26-40-37(24-43(45)57-2)48(55)52-34(27-50-40)22-33-12-5-7-15-41(33)52/h4-7,11-12,14-15,19-21,23-26,34,49-50H,8-10,13,16-18,22,27-29H2,1-3H3,(H,51,54)/t34-/m0/s1. The average molecular weight is 827 g/mol. The molecule has 316 valence electrons. The summed E-state index contributed by atoms with van der Waals surface area (Å²) in [5.74, 6) is 1.81. The number of benzene rings is 5. The van der Waals surface area contributed by atoms with Crippen LogP contribution in [0.4, 0.5) is 22.7 Å². The Morgan fingerprint density at radius 1 is 0.705 bits per heavy atom. The Morgan fingerprint density at radius 2 is 1.38 bits per heavy atom. The fraction of sp³-hybridized carbons (Fsp3) is 0.312. The van der Waals surface area contributed by atoms with Crippen molar-refractivity contribution in [2.45, 2.75) is 57.8 Å². The largest absolute Gasteiger partial charge is 0.494 e. The highest BCUT2D eigenvalue weighted by molar-refractivity contribution is 6.12. The minimum Gasteiger partial charge on any atom is -0.494 e. The Balaban J connectivity index is 1.02. The van der Waals surface area contributed by atoms with Crippen LogP contribution < -0.4 is 44.5 Å². The summed E-state index contributed by atoms with van der Waals surface area (Å²) in [5, 5.41) is 9.99. The van der Waals surface area contributed by atoms with E-state index in [0.717, 1.165) is 52.9 Å². The Kier molecular flexibility index (Phi) is 12.4. The molecule has 61 heavy (non-hydrogen) atoms. The van der Waals surface area contributed by atoms with Gasteiger partial charge in [-0.15, -0.1) is 0 Å². The number of carbonyl (C=O) groups is 3. The van der Waals surface area contributed by atoms with E-state index >= 15 is 0 Å². The second-order valence-electron chi connectivity index (χ2n) is 15.2. The van der Waals surface area contributed by atoms with E-state index in [1.807, 2.05) is 71.6 Å². The Hall–Kier alpha value is -6.89. The van der Waals surface area contributed by atoms with Crippen molar-refractivity contribution in [1.29, 1.82) is 0 Å². The van der Waals surface area contributed by atoms with E-state index in [4.69, 9.17) is 28.4 Å². The van der Waals surface area contributed by atoms with Crippen molar-refractivity contribution in [2.24, 2.45) is 0 Å². The van der Waals surface area contributed by atoms with Gasteiger partial charge in [-0.2, -0.15) is 0 Å². The average Bonchev–Trinajstić information content (AvgIpc) is 3.60. The predicted molar refractivity (Wildman–Crippen MR) is 233 cm³/mol. The number of anilines is 4. The van der Waals surface area contributed by atoms with Crippen LogP contribution in [0, 0.1) is 0 Å². The summed E-state index contributed by atoms with van der Waals surface area (Å²) in [6, 6.07) is 28.7. The Labute approximate surface area is 355 Å². The fourth-order valence-electron chi connectivity index (χ4n) is 8.09. The van der Waals surface area contributed by atoms with Gasteiger partial charge in [0.2, 0.25) is 0 Å². The number of hydrogen-bond donors (Lipinski definition) is 3. The van der Waals surface area contributed by atoms with Gasteiger partial charge >= 0.3 is 5.97 Å². The fourth-order valence-corrected chi connectivity index (χ4v) is 8.09. The van der Waals surface area contributed by atoms with Gasteiger partial charge in [-0.3, -0.25) is 14.4 Å². The minimum absolute atomic E-state index is 0.00471. The Morgan fingerprint density at radius 3 is 2.10 bits per heavy atom. The van der Waals surface area contributed by atoms with Crippen LogP contribution in [0.3, 0.4) is 0 Å². The number of unbranched alkanes of at least 4 members (excludes halogenated alkanes) is 1. The van der Waals surface area contributed by atoms with Gasteiger partial charge in [-0.05, 0) is 96.8 Å². The molecule has 0 aliphatic carbocycles. The maximum Gasteiger partial charge on any atom is 0.305 e. The van der Waals surface area contributed by atoms with Gasteiger partial charge < -0.3 is 49.3 Å². The first-order chi connectivity index (χ1) is 29.8. The zero-order valence-corrected chi connectivity index (χ0v) is 34.6. The van der Waals surface area contributed by atoms with E-state index in [1.165, 1.54) is 7.11 Å². The number of hydrogen-bond acceptors (Lipinski definition) is 11. The number of nitrogens with zero attached hydrogens (tertiary/aromatic N) is 1. The van der Waals surface area contributed by atoms with Crippen molar-refractivity contribution in [3.8, 4) is 28.7 Å². The van der Waals surface area contributed by atoms with Gasteiger partial charge in [0.25, 0.3) is 11.8 Å². The summed E-state index contributed by atoms with van der Waals surface area (Å²) in [6.07, 6.45) is 4.06. The smallest absolute Gasteiger partial charge is 0.305 e. The molecular formula is C48H50N4O9. The monoisotopic (exact) mass is 826 g/mol. The quantitative estimate of drug-likeness (QED) is 0.0736. The van der Waals surface area contributed by atoms with Gasteiger partial charge in [-0.1, -0.05) is 36.4 Å². The van der Waals surface area contributed by atoms with Crippen LogP contribution in [0.5, 0.6) is 28.7 Å². The van der Waals surface area contributed by atoms with E-state index in [0.29, 0.717) is 90.2 Å². The molecule has 0 aromatic heterocycles. The number of carbonyl (C=O) groups excluding carboxylic acids is 3. The molecule has 0 unspecified atom stereocenters. The van der Waals surface area contributed by atoms with Gasteiger partial charge in [-0.25, -0.2) is 0 Å². The molecule has 0 spiro atoms. The highest BCUT2D eigenvalue weighted by atomic mass is 16.5. The maximum absolute atomic E-state index is 14.0. The van der Waals surface area contributed by atoms with Crippen LogP contribution in [-0.4, -0.2) is 64.9 Å². The molecule has 3 aliphatic heterocycles. The molecule has 0 saturated heterocycles. The van der Waals surface area contributed by atoms with Crippen LogP contribution in [0.25, 0.3) is 0 Å². The summed E-state index contributed by atoms with van der Waals surface area (Å²) >= 11 is 0. The lowest BCUT2D eigenvalue weighted by molar-refractivity contribution is -0.140. The van der Waals surface area contributed by atoms with Gasteiger partial charge in [0.1, 0.15) is 19.0 Å². The van der Waals surface area contributed by atoms with E-state index in [9.17, 15) is 14.4 Å². The highest BCUT2D eigenvalue weighted by Crippen LogP contribution is 2.41. The number of rotatable bonds is 14. The van der Waals surface area contributed by atoms with Crippen molar-refractivity contribution in [3.05, 3.63) is 124 Å². The number of amides is 2. The summed E-state index contributed by atoms with van der Waals surface area (Å²) in [4.78, 5) is 41.1. The van der Waals surface area contributed by atoms with E-state index in [1.54, 1.807) is 32.4 Å². The maximum atomic E-state index is 14.0. The van der Waals surface area contributed by atoms with Crippen LogP contribution in [0.1, 0.15) is 68.7 Å². The van der Waals surface area contributed by atoms with Crippen molar-refractivity contribution in [2.75, 3.05) is 61.9 Å². The second-order valence-corrected chi connectivity index (χ2v) is 15.2. The first-order valence-electron chi connectivity index (χ1n) is 20.6. The molecule has 1 atom stereocenters. The molecular weight excluding hydrogens is 777 g/mol. The summed E-state index contributed by atoms with van der Waals surface area (Å²) in [6.45, 7) is 1.95. The van der Waals surface area contributed by atoms with Crippen molar-refractivity contribution in [1.82, 2.24) is 0 Å². The normalized spacial score (nSPS) is 15.2. The summed E-state index contributed by atoms with van der Waals surface area (Å²) in [5.41, 5.74) is 7.87. The molecule has 13 nitrogen and oxygen atoms in total. The topological polar surface area (TPSA) is 146 Å². The van der Waals surface area contributed by atoms with E-state index < -0.39 is 0 Å². The van der Waals surface area contributed by atoms with Crippen LogP contribution >= 0.6 is 0 Å². The van der Waals surface area contributed by atoms with Crippen LogP contribution in [0.15, 0.2) is 91.0 Å². The van der Waals surface area contributed by atoms with E-state index in [-0.39, 0.29) is 37.0 Å². The molecule has 2 amide bonds. The van der Waals surface area contributed by atoms with Crippen LogP contribution in [-0.2, 0) is 35.6 Å². The lowest BCUT2D eigenvalue weighted by atomic mass is 10.0. The number of methoxy groups -OCH3 is 3. The lowest BCUT2D eigenvalue weighted by Gasteiger charge is -2.22.